The third-order valence-corrected chi connectivity index (χ3v) is 9.16. The molecule has 5 heteroatoms. The Morgan fingerprint density at radius 1 is 0.472 bits per heavy atom. The molecule has 0 unspecified atom stereocenters. The standard InChI is InChI=1S/C34H56N2O2.2C7H7.Zr/c1-31(2,3)25-17-23(29(37)27(19-25)33(7,8)9)21-35(13)15-16-36(14)22-24-18-26(32(4,5)6)20-28(30(24)38)34(10,11)12;2*1-7-5-3-2-4-6-7;/h17-20,37-38H,15-16,21-22H2,1-14H3;2*2-6H,1H2;/q;2*-1;+4. The van der Waals surface area contributed by atoms with E-state index in [4.69, 9.17) is 0 Å². The van der Waals surface area contributed by atoms with Crippen molar-refractivity contribution in [1.29, 1.82) is 0 Å². The van der Waals surface area contributed by atoms with Crippen molar-refractivity contribution in [1.82, 2.24) is 9.80 Å². The van der Waals surface area contributed by atoms with Gasteiger partial charge in [0.15, 0.2) is 0 Å². The summed E-state index contributed by atoms with van der Waals surface area (Å²) >= 11 is 0. The molecule has 0 radical (unpaired) electrons. The van der Waals surface area contributed by atoms with Gasteiger partial charge < -0.3 is 20.0 Å². The first-order valence-electron chi connectivity index (χ1n) is 18.7. The van der Waals surface area contributed by atoms with E-state index in [1.165, 1.54) is 11.1 Å². The minimum absolute atomic E-state index is 0. The molecule has 0 amide bonds. The summed E-state index contributed by atoms with van der Waals surface area (Å²) in [6, 6.07) is 28.5. The number of aromatic hydroxyl groups is 2. The number of likely N-dealkylation sites (N-methyl/N-ethyl adjacent to an activating group) is 2. The van der Waals surface area contributed by atoms with Crippen molar-refractivity contribution >= 4 is 0 Å². The predicted octanol–water partition coefficient (Wildman–Crippen LogP) is 11.6. The molecule has 0 atom stereocenters. The number of phenols is 2. The number of benzene rings is 4. The second-order valence-electron chi connectivity index (χ2n) is 18.5. The maximum absolute atomic E-state index is 11.2. The third-order valence-electron chi connectivity index (χ3n) is 9.16. The fourth-order valence-corrected chi connectivity index (χ4v) is 5.68. The van der Waals surface area contributed by atoms with E-state index in [0.717, 1.165) is 46.5 Å². The van der Waals surface area contributed by atoms with Gasteiger partial charge in [0.2, 0.25) is 0 Å². The Labute approximate surface area is 344 Å². The van der Waals surface area contributed by atoms with E-state index in [1.807, 2.05) is 60.7 Å². The minimum atomic E-state index is -0.131. The Morgan fingerprint density at radius 2 is 0.755 bits per heavy atom. The van der Waals surface area contributed by atoms with Crippen LogP contribution in [0.1, 0.15) is 128 Å². The van der Waals surface area contributed by atoms with E-state index >= 15 is 0 Å². The third kappa shape index (κ3) is 16.1. The normalized spacial score (nSPS) is 12.0. The topological polar surface area (TPSA) is 46.9 Å². The molecule has 53 heavy (non-hydrogen) atoms. The molecule has 0 fully saturated rings. The van der Waals surface area contributed by atoms with Crippen molar-refractivity contribution in [2.75, 3.05) is 27.2 Å². The van der Waals surface area contributed by atoms with Gasteiger partial charge in [-0.2, -0.15) is 49.2 Å². The van der Waals surface area contributed by atoms with Gasteiger partial charge in [-0.3, -0.25) is 0 Å². The van der Waals surface area contributed by atoms with Gasteiger partial charge >= 0.3 is 26.2 Å². The molecule has 0 aliphatic rings. The van der Waals surface area contributed by atoms with E-state index in [9.17, 15) is 10.2 Å². The van der Waals surface area contributed by atoms with E-state index in [-0.39, 0.29) is 47.9 Å². The van der Waals surface area contributed by atoms with Crippen LogP contribution in [-0.2, 0) is 61.0 Å². The Bertz CT molecular complexity index is 1550. The molecule has 2 N–H and O–H groups in total. The minimum Gasteiger partial charge on any atom is -0.507 e. The molecule has 0 aromatic heterocycles. The first-order chi connectivity index (χ1) is 23.8. The van der Waals surface area contributed by atoms with E-state index in [1.54, 1.807) is 0 Å². The summed E-state index contributed by atoms with van der Waals surface area (Å²) in [5, 5.41) is 22.4. The van der Waals surface area contributed by atoms with Gasteiger partial charge in [0, 0.05) is 37.3 Å². The van der Waals surface area contributed by atoms with Gasteiger partial charge in [0.05, 0.1) is 0 Å². The molecular weight excluding hydrogens is 728 g/mol. The molecular formula is C48H70N2O2Zr+2. The van der Waals surface area contributed by atoms with Crippen molar-refractivity contribution < 1.29 is 36.4 Å². The summed E-state index contributed by atoms with van der Waals surface area (Å²) in [4.78, 5) is 4.55. The molecule has 0 saturated carbocycles. The van der Waals surface area contributed by atoms with E-state index in [2.05, 4.69) is 145 Å². The van der Waals surface area contributed by atoms with Gasteiger partial charge in [-0.1, -0.05) is 119 Å². The van der Waals surface area contributed by atoms with E-state index < -0.39 is 0 Å². The fourth-order valence-electron chi connectivity index (χ4n) is 5.68. The van der Waals surface area contributed by atoms with Gasteiger partial charge in [-0.15, -0.1) is 24.3 Å². The molecule has 4 aromatic carbocycles. The van der Waals surface area contributed by atoms with E-state index in [0.29, 0.717) is 24.6 Å². The van der Waals surface area contributed by atoms with Crippen LogP contribution in [-0.4, -0.2) is 47.2 Å². The number of hydrogen-bond acceptors (Lipinski definition) is 4. The maximum Gasteiger partial charge on any atom is 4.00 e. The largest absolute Gasteiger partial charge is 4.00 e. The van der Waals surface area contributed by atoms with Crippen molar-refractivity contribution in [2.24, 2.45) is 0 Å². The Morgan fingerprint density at radius 3 is 0.962 bits per heavy atom. The molecule has 4 rings (SSSR count). The molecule has 0 heterocycles. The molecule has 286 valence electrons. The fraction of sp³-hybridized carbons (Fsp3) is 0.458. The quantitative estimate of drug-likeness (QED) is 0.183. The molecule has 0 spiro atoms. The Hall–Kier alpha value is -2.98. The van der Waals surface area contributed by atoms with Crippen LogP contribution in [0.25, 0.3) is 0 Å². The zero-order chi connectivity index (χ0) is 39.7. The first-order valence-corrected chi connectivity index (χ1v) is 18.7. The number of nitrogens with zero attached hydrogens (tertiary/aromatic N) is 2. The van der Waals surface area contributed by atoms with Crippen LogP contribution in [0.3, 0.4) is 0 Å². The van der Waals surface area contributed by atoms with Gasteiger partial charge in [0.25, 0.3) is 0 Å². The van der Waals surface area contributed by atoms with Crippen molar-refractivity contribution in [3.63, 3.8) is 0 Å². The second-order valence-corrected chi connectivity index (χ2v) is 18.5. The average molecular weight is 798 g/mol. The summed E-state index contributed by atoms with van der Waals surface area (Å²) in [5.74, 6) is 0.841. The summed E-state index contributed by atoms with van der Waals surface area (Å²) < 4.78 is 0. The van der Waals surface area contributed by atoms with Crippen LogP contribution in [0, 0.1) is 13.8 Å². The zero-order valence-electron chi connectivity index (χ0n) is 35.6. The van der Waals surface area contributed by atoms with Crippen LogP contribution in [0.4, 0.5) is 0 Å². The van der Waals surface area contributed by atoms with Gasteiger partial charge in [-0.05, 0) is 58.0 Å². The monoisotopic (exact) mass is 796 g/mol. The SMILES string of the molecule is CN(CCN(C)Cc1cc(C(C)(C)C)cc(C(C)(C)C)c1O)Cc1cc(C(C)(C)C)cc(C(C)(C)C)c1O.[CH2-]c1ccccc1.[CH2-]c1ccccc1.[Zr+4]. The van der Waals surface area contributed by atoms with Gasteiger partial charge in [0.1, 0.15) is 11.5 Å². The Balaban J connectivity index is 0.000000770. The van der Waals surface area contributed by atoms with Crippen LogP contribution >= 0.6 is 0 Å². The van der Waals surface area contributed by atoms with Gasteiger partial charge in [-0.25, -0.2) is 0 Å². The second kappa shape index (κ2) is 20.1. The Kier molecular flexibility index (Phi) is 18.2. The van der Waals surface area contributed by atoms with Crippen LogP contribution < -0.4 is 0 Å². The number of rotatable bonds is 7. The molecule has 0 bridgehead atoms. The zero-order valence-corrected chi connectivity index (χ0v) is 38.1. The summed E-state index contributed by atoms with van der Waals surface area (Å²) in [5.41, 5.74) is 8.40. The van der Waals surface area contributed by atoms with Crippen LogP contribution in [0.15, 0.2) is 84.9 Å². The molecule has 0 saturated heterocycles. The summed E-state index contributed by atoms with van der Waals surface area (Å²) in [6.45, 7) is 36.8. The molecule has 4 nitrogen and oxygen atoms in total. The molecule has 0 aliphatic heterocycles. The molecule has 0 aliphatic carbocycles. The average Bonchev–Trinajstić information content (AvgIpc) is 3.01. The summed E-state index contributed by atoms with van der Waals surface area (Å²) in [6.07, 6.45) is 0. The predicted molar refractivity (Wildman–Crippen MR) is 225 cm³/mol. The smallest absolute Gasteiger partial charge is 0.507 e. The van der Waals surface area contributed by atoms with Crippen LogP contribution in [0.5, 0.6) is 11.5 Å². The number of phenolic OH excluding ortho intramolecular Hbond substituents is 2. The van der Waals surface area contributed by atoms with Crippen molar-refractivity contribution in [3.8, 4) is 11.5 Å². The number of hydrogen-bond donors (Lipinski definition) is 2. The molecule has 4 aromatic rings. The first kappa shape index (κ1) is 48.0. The van der Waals surface area contributed by atoms with Crippen molar-refractivity contribution in [3.05, 3.63) is 143 Å². The van der Waals surface area contributed by atoms with Crippen molar-refractivity contribution in [2.45, 2.75) is 118 Å². The maximum atomic E-state index is 11.2. The van der Waals surface area contributed by atoms with Crippen LogP contribution in [0.2, 0.25) is 0 Å². The summed E-state index contributed by atoms with van der Waals surface area (Å²) in [7, 11) is 4.23.